The van der Waals surface area contributed by atoms with Gasteiger partial charge >= 0.3 is 6.03 Å². The zero-order valence-corrected chi connectivity index (χ0v) is 11.4. The lowest BCUT2D eigenvalue weighted by atomic mass is 10.2. The van der Waals surface area contributed by atoms with E-state index < -0.39 is 0 Å². The summed E-state index contributed by atoms with van der Waals surface area (Å²) in [6, 6.07) is -0.274. The smallest absolute Gasteiger partial charge is 0.319 e. The van der Waals surface area contributed by atoms with Gasteiger partial charge in [0.2, 0.25) is 0 Å². The van der Waals surface area contributed by atoms with Crippen molar-refractivity contribution in [3.63, 3.8) is 0 Å². The van der Waals surface area contributed by atoms with E-state index >= 15 is 0 Å². The highest BCUT2D eigenvalue weighted by Gasteiger charge is 2.08. The van der Waals surface area contributed by atoms with E-state index in [0.717, 1.165) is 6.54 Å². The third-order valence-electron chi connectivity index (χ3n) is 2.24. The Morgan fingerprint density at radius 3 is 2.83 bits per heavy atom. The van der Waals surface area contributed by atoms with Gasteiger partial charge in [-0.2, -0.15) is 5.10 Å². The van der Waals surface area contributed by atoms with E-state index in [1.807, 2.05) is 17.8 Å². The summed E-state index contributed by atoms with van der Waals surface area (Å²) in [4.78, 5) is 11.6. The first-order valence-corrected chi connectivity index (χ1v) is 6.10. The molecule has 0 aliphatic rings. The normalized spacial score (nSPS) is 12.5. The van der Waals surface area contributed by atoms with Gasteiger partial charge in [0.15, 0.2) is 0 Å². The second-order valence-electron chi connectivity index (χ2n) is 4.80. The number of anilines is 1. The van der Waals surface area contributed by atoms with Crippen LogP contribution in [0.4, 0.5) is 10.5 Å². The second kappa shape index (κ2) is 7.00. The lowest BCUT2D eigenvalue weighted by Crippen LogP contribution is -2.38. The van der Waals surface area contributed by atoms with Crippen LogP contribution >= 0.6 is 0 Å². The van der Waals surface area contributed by atoms with E-state index in [1.165, 1.54) is 0 Å². The molecule has 1 heterocycles. The topological polar surface area (TPSA) is 68.2 Å². The molecule has 0 saturated heterocycles. The third-order valence-corrected chi connectivity index (χ3v) is 2.24. The van der Waals surface area contributed by atoms with E-state index in [2.05, 4.69) is 29.6 Å². The number of hydrogen-bond donors (Lipinski definition) is 2. The Kier molecular flexibility index (Phi) is 5.64. The van der Waals surface area contributed by atoms with Crippen LogP contribution < -0.4 is 10.6 Å². The molecule has 102 valence electrons. The summed E-state index contributed by atoms with van der Waals surface area (Å²) in [5.41, 5.74) is 0.692. The van der Waals surface area contributed by atoms with Gasteiger partial charge in [-0.15, -0.1) is 0 Å². The minimum atomic E-state index is -0.247. The number of nitrogens with zero attached hydrogens (tertiary/aromatic N) is 2. The number of carbonyl (C=O) groups excluding carboxylic acids is 1. The molecule has 6 heteroatoms. The van der Waals surface area contributed by atoms with Gasteiger partial charge in [-0.25, -0.2) is 4.79 Å². The van der Waals surface area contributed by atoms with E-state index in [9.17, 15) is 4.79 Å². The number of urea groups is 1. The average Bonchev–Trinajstić information content (AvgIpc) is 2.64. The van der Waals surface area contributed by atoms with E-state index in [4.69, 9.17) is 4.74 Å². The number of rotatable bonds is 6. The maximum absolute atomic E-state index is 11.6. The molecule has 0 radical (unpaired) electrons. The molecule has 1 aromatic rings. The summed E-state index contributed by atoms with van der Waals surface area (Å²) >= 11 is 0. The minimum absolute atomic E-state index is 0.0271. The van der Waals surface area contributed by atoms with Gasteiger partial charge in [0.25, 0.3) is 0 Å². The summed E-state index contributed by atoms with van der Waals surface area (Å²) in [6.45, 7) is 7.44. The standard InChI is InChI=1S/C12H22N4O2/c1-9(2)6-16-7-11(5-13-16)15-12(17)14-10(3)8-18-4/h5,7,9-10H,6,8H2,1-4H3,(H2,14,15,17). The highest BCUT2D eigenvalue weighted by molar-refractivity contribution is 5.89. The number of carbonyl (C=O) groups is 1. The van der Waals surface area contributed by atoms with Crippen LogP contribution in [0.2, 0.25) is 0 Å². The molecule has 1 aromatic heterocycles. The molecule has 1 unspecified atom stereocenters. The fourth-order valence-electron chi connectivity index (χ4n) is 1.58. The second-order valence-corrected chi connectivity index (χ2v) is 4.80. The lowest BCUT2D eigenvalue weighted by Gasteiger charge is -2.12. The van der Waals surface area contributed by atoms with Gasteiger partial charge in [-0.05, 0) is 12.8 Å². The maximum atomic E-state index is 11.6. The molecule has 2 N–H and O–H groups in total. The number of nitrogens with one attached hydrogen (secondary N) is 2. The summed E-state index contributed by atoms with van der Waals surface area (Å²) in [7, 11) is 1.60. The van der Waals surface area contributed by atoms with Crippen molar-refractivity contribution in [1.29, 1.82) is 0 Å². The van der Waals surface area contributed by atoms with Gasteiger partial charge in [0.05, 0.1) is 24.5 Å². The molecule has 6 nitrogen and oxygen atoms in total. The Morgan fingerprint density at radius 1 is 1.50 bits per heavy atom. The van der Waals surface area contributed by atoms with Gasteiger partial charge in [0.1, 0.15) is 0 Å². The van der Waals surface area contributed by atoms with Crippen molar-refractivity contribution in [2.75, 3.05) is 19.0 Å². The molecule has 0 fully saturated rings. The number of aromatic nitrogens is 2. The highest BCUT2D eigenvalue weighted by atomic mass is 16.5. The summed E-state index contributed by atoms with van der Waals surface area (Å²) in [5, 5.41) is 9.68. The molecule has 1 atom stereocenters. The monoisotopic (exact) mass is 254 g/mol. The van der Waals surface area contributed by atoms with Gasteiger partial charge in [-0.1, -0.05) is 13.8 Å². The molecule has 0 bridgehead atoms. The summed E-state index contributed by atoms with van der Waals surface area (Å²) in [6.07, 6.45) is 3.46. The van der Waals surface area contributed by atoms with Crippen LogP contribution in [0.5, 0.6) is 0 Å². The zero-order valence-electron chi connectivity index (χ0n) is 11.4. The van der Waals surface area contributed by atoms with Crippen LogP contribution in [-0.2, 0) is 11.3 Å². The highest BCUT2D eigenvalue weighted by Crippen LogP contribution is 2.06. The SMILES string of the molecule is COCC(C)NC(=O)Nc1cnn(CC(C)C)c1. The van der Waals surface area contributed by atoms with Crippen LogP contribution in [0.3, 0.4) is 0 Å². The van der Waals surface area contributed by atoms with Crippen molar-refractivity contribution in [3.8, 4) is 0 Å². The maximum Gasteiger partial charge on any atom is 0.319 e. The Morgan fingerprint density at radius 2 is 2.22 bits per heavy atom. The summed E-state index contributed by atoms with van der Waals surface area (Å²) in [5.74, 6) is 0.522. The lowest BCUT2D eigenvalue weighted by molar-refractivity contribution is 0.173. The Bertz CT molecular complexity index is 376. The van der Waals surface area contributed by atoms with Gasteiger partial charge < -0.3 is 15.4 Å². The molecule has 0 saturated carbocycles. The van der Waals surface area contributed by atoms with Crippen LogP contribution in [0.15, 0.2) is 12.4 Å². The molecule has 0 aliphatic carbocycles. The first-order valence-electron chi connectivity index (χ1n) is 6.10. The molecule has 2 amide bonds. The molecule has 18 heavy (non-hydrogen) atoms. The predicted octanol–water partition coefficient (Wildman–Crippen LogP) is 1.70. The minimum Gasteiger partial charge on any atom is -0.383 e. The largest absolute Gasteiger partial charge is 0.383 e. The van der Waals surface area contributed by atoms with Crippen molar-refractivity contribution in [1.82, 2.24) is 15.1 Å². The van der Waals surface area contributed by atoms with E-state index in [0.29, 0.717) is 18.2 Å². The number of ether oxygens (including phenoxy) is 1. The predicted molar refractivity (Wildman–Crippen MR) is 70.6 cm³/mol. The fraction of sp³-hybridized carbons (Fsp3) is 0.667. The number of amides is 2. The fourth-order valence-corrected chi connectivity index (χ4v) is 1.58. The van der Waals surface area contributed by atoms with Crippen LogP contribution in [-0.4, -0.2) is 35.6 Å². The average molecular weight is 254 g/mol. The molecule has 1 rings (SSSR count). The first-order chi connectivity index (χ1) is 8.51. The van der Waals surface area contributed by atoms with E-state index in [1.54, 1.807) is 13.3 Å². The third kappa shape index (κ3) is 5.18. The Hall–Kier alpha value is -1.56. The number of hydrogen-bond acceptors (Lipinski definition) is 3. The Labute approximate surface area is 108 Å². The van der Waals surface area contributed by atoms with Crippen molar-refractivity contribution < 1.29 is 9.53 Å². The van der Waals surface area contributed by atoms with Gasteiger partial charge in [0, 0.05) is 19.9 Å². The zero-order chi connectivity index (χ0) is 13.5. The van der Waals surface area contributed by atoms with Gasteiger partial charge in [-0.3, -0.25) is 4.68 Å². The van der Waals surface area contributed by atoms with Crippen molar-refractivity contribution in [2.45, 2.75) is 33.4 Å². The van der Waals surface area contributed by atoms with E-state index in [-0.39, 0.29) is 12.1 Å². The summed E-state index contributed by atoms with van der Waals surface area (Å²) < 4.78 is 6.76. The van der Waals surface area contributed by atoms with Crippen molar-refractivity contribution >= 4 is 11.7 Å². The number of methoxy groups -OCH3 is 1. The van der Waals surface area contributed by atoms with Crippen LogP contribution in [0, 0.1) is 5.92 Å². The molecule has 0 aromatic carbocycles. The molecular formula is C12H22N4O2. The van der Waals surface area contributed by atoms with Crippen molar-refractivity contribution in [2.24, 2.45) is 5.92 Å². The quantitative estimate of drug-likeness (QED) is 0.811. The first kappa shape index (κ1) is 14.5. The van der Waals surface area contributed by atoms with Crippen LogP contribution in [0.25, 0.3) is 0 Å². The molecule has 0 spiro atoms. The van der Waals surface area contributed by atoms with Crippen LogP contribution in [0.1, 0.15) is 20.8 Å². The molecular weight excluding hydrogens is 232 g/mol. The Balaban J connectivity index is 2.42. The van der Waals surface area contributed by atoms with Crippen molar-refractivity contribution in [3.05, 3.63) is 12.4 Å². The molecule has 0 aliphatic heterocycles.